The standard InChI is InChI=1S/C12H28N2O/c1-3-5-7-12(11-13,8-6-4-2)14-9-10-15/h14-15H,3-11,13H2,1-2H3. The van der Waals surface area contributed by atoms with E-state index < -0.39 is 0 Å². The molecule has 0 bridgehead atoms. The van der Waals surface area contributed by atoms with Gasteiger partial charge in [0.2, 0.25) is 0 Å². The quantitative estimate of drug-likeness (QED) is 0.520. The van der Waals surface area contributed by atoms with Crippen LogP contribution in [0.1, 0.15) is 52.4 Å². The number of aliphatic hydroxyl groups is 1. The van der Waals surface area contributed by atoms with Gasteiger partial charge in [0, 0.05) is 18.6 Å². The summed E-state index contributed by atoms with van der Waals surface area (Å²) in [6.07, 6.45) is 7.07. The largest absolute Gasteiger partial charge is 0.395 e. The van der Waals surface area contributed by atoms with Crippen LogP contribution in [0.2, 0.25) is 0 Å². The van der Waals surface area contributed by atoms with Crippen molar-refractivity contribution in [3.63, 3.8) is 0 Å². The van der Waals surface area contributed by atoms with Crippen molar-refractivity contribution in [3.05, 3.63) is 0 Å². The second kappa shape index (κ2) is 9.13. The fourth-order valence-electron chi connectivity index (χ4n) is 1.93. The van der Waals surface area contributed by atoms with E-state index in [1.54, 1.807) is 0 Å². The molecule has 0 spiro atoms. The maximum Gasteiger partial charge on any atom is 0.0556 e. The highest BCUT2D eigenvalue weighted by Gasteiger charge is 2.25. The van der Waals surface area contributed by atoms with Crippen molar-refractivity contribution in [2.45, 2.75) is 57.9 Å². The van der Waals surface area contributed by atoms with E-state index in [0.29, 0.717) is 13.1 Å². The summed E-state index contributed by atoms with van der Waals surface area (Å²) in [5.74, 6) is 0. The molecule has 0 fully saturated rings. The van der Waals surface area contributed by atoms with E-state index in [1.165, 1.54) is 25.7 Å². The SMILES string of the molecule is CCCCC(CN)(CCCC)NCCO. The van der Waals surface area contributed by atoms with Gasteiger partial charge in [-0.2, -0.15) is 0 Å². The molecule has 15 heavy (non-hydrogen) atoms. The Morgan fingerprint density at radius 2 is 1.67 bits per heavy atom. The zero-order chi connectivity index (χ0) is 11.6. The van der Waals surface area contributed by atoms with E-state index in [4.69, 9.17) is 10.8 Å². The van der Waals surface area contributed by atoms with Crippen LogP contribution in [0.25, 0.3) is 0 Å². The lowest BCUT2D eigenvalue weighted by Crippen LogP contribution is -2.52. The highest BCUT2D eigenvalue weighted by Crippen LogP contribution is 2.20. The second-order valence-corrected chi connectivity index (χ2v) is 4.34. The Kier molecular flexibility index (Phi) is 9.06. The summed E-state index contributed by atoms with van der Waals surface area (Å²) in [6, 6.07) is 0. The topological polar surface area (TPSA) is 58.3 Å². The molecular weight excluding hydrogens is 188 g/mol. The lowest BCUT2D eigenvalue weighted by Gasteiger charge is -2.34. The summed E-state index contributed by atoms with van der Waals surface area (Å²) in [7, 11) is 0. The van der Waals surface area contributed by atoms with Crippen LogP contribution in [0.3, 0.4) is 0 Å². The molecule has 0 unspecified atom stereocenters. The van der Waals surface area contributed by atoms with Gasteiger partial charge in [0.1, 0.15) is 0 Å². The molecule has 4 N–H and O–H groups in total. The van der Waals surface area contributed by atoms with E-state index in [9.17, 15) is 0 Å². The summed E-state index contributed by atoms with van der Waals surface area (Å²) in [5, 5.41) is 12.3. The molecule has 0 aromatic heterocycles. The Morgan fingerprint density at radius 3 is 2.00 bits per heavy atom. The fourth-order valence-corrected chi connectivity index (χ4v) is 1.93. The number of β-amino-alcohol motifs (C(OH)–C–C–N with tert-alkyl or cyclic N) is 1. The first kappa shape index (κ1) is 14.9. The van der Waals surface area contributed by atoms with E-state index in [0.717, 1.165) is 12.8 Å². The molecule has 92 valence electrons. The minimum Gasteiger partial charge on any atom is -0.395 e. The molecule has 3 nitrogen and oxygen atoms in total. The molecule has 0 radical (unpaired) electrons. The lowest BCUT2D eigenvalue weighted by atomic mass is 9.87. The number of hydrogen-bond donors (Lipinski definition) is 3. The van der Waals surface area contributed by atoms with Gasteiger partial charge in [-0.15, -0.1) is 0 Å². The first-order valence-electron chi connectivity index (χ1n) is 6.30. The number of nitrogens with two attached hydrogens (primary N) is 1. The zero-order valence-electron chi connectivity index (χ0n) is 10.4. The number of unbranched alkanes of at least 4 members (excludes halogenated alkanes) is 2. The number of aliphatic hydroxyl groups excluding tert-OH is 1. The Balaban J connectivity index is 4.16. The second-order valence-electron chi connectivity index (χ2n) is 4.34. The molecule has 3 heteroatoms. The molecule has 0 aliphatic rings. The van der Waals surface area contributed by atoms with Crippen LogP contribution in [0, 0.1) is 0 Å². The highest BCUT2D eigenvalue weighted by molar-refractivity contribution is 4.88. The first-order chi connectivity index (χ1) is 7.24. The van der Waals surface area contributed by atoms with E-state index in [2.05, 4.69) is 19.2 Å². The van der Waals surface area contributed by atoms with Crippen LogP contribution in [0.5, 0.6) is 0 Å². The average molecular weight is 216 g/mol. The van der Waals surface area contributed by atoms with Gasteiger partial charge in [-0.3, -0.25) is 0 Å². The van der Waals surface area contributed by atoms with E-state index in [-0.39, 0.29) is 12.1 Å². The van der Waals surface area contributed by atoms with E-state index in [1.807, 2.05) is 0 Å². The van der Waals surface area contributed by atoms with Crippen molar-refractivity contribution in [2.24, 2.45) is 5.73 Å². The van der Waals surface area contributed by atoms with Crippen LogP contribution in [-0.4, -0.2) is 30.3 Å². The minimum atomic E-state index is 0.0642. The van der Waals surface area contributed by atoms with Crippen molar-refractivity contribution in [1.29, 1.82) is 0 Å². The Labute approximate surface area is 94.4 Å². The van der Waals surface area contributed by atoms with Gasteiger partial charge < -0.3 is 16.2 Å². The third-order valence-corrected chi connectivity index (χ3v) is 3.02. The summed E-state index contributed by atoms with van der Waals surface area (Å²) >= 11 is 0. The summed E-state index contributed by atoms with van der Waals surface area (Å²) < 4.78 is 0. The normalized spacial score (nSPS) is 12.0. The molecule has 0 aliphatic carbocycles. The summed E-state index contributed by atoms with van der Waals surface area (Å²) in [4.78, 5) is 0. The van der Waals surface area contributed by atoms with Crippen LogP contribution in [0.4, 0.5) is 0 Å². The monoisotopic (exact) mass is 216 g/mol. The van der Waals surface area contributed by atoms with E-state index >= 15 is 0 Å². The summed E-state index contributed by atoms with van der Waals surface area (Å²) in [5.41, 5.74) is 5.95. The third kappa shape index (κ3) is 6.13. The molecule has 0 atom stereocenters. The van der Waals surface area contributed by atoms with Crippen molar-refractivity contribution in [1.82, 2.24) is 5.32 Å². The van der Waals surface area contributed by atoms with Crippen molar-refractivity contribution in [3.8, 4) is 0 Å². The summed E-state index contributed by atoms with van der Waals surface area (Å²) in [6.45, 7) is 5.93. The molecule has 0 heterocycles. The molecule has 0 amide bonds. The molecular formula is C12H28N2O. The molecule has 0 saturated carbocycles. The Hall–Kier alpha value is -0.120. The van der Waals surface area contributed by atoms with Gasteiger partial charge in [-0.25, -0.2) is 0 Å². The number of nitrogens with one attached hydrogen (secondary N) is 1. The fraction of sp³-hybridized carbons (Fsp3) is 1.00. The van der Waals surface area contributed by atoms with Crippen LogP contribution >= 0.6 is 0 Å². The van der Waals surface area contributed by atoms with Crippen LogP contribution in [-0.2, 0) is 0 Å². The predicted molar refractivity (Wildman–Crippen MR) is 65.9 cm³/mol. The van der Waals surface area contributed by atoms with Gasteiger partial charge in [0.25, 0.3) is 0 Å². The van der Waals surface area contributed by atoms with Gasteiger partial charge >= 0.3 is 0 Å². The number of rotatable bonds is 10. The molecule has 0 aromatic carbocycles. The Bertz CT molecular complexity index is 118. The molecule has 0 aliphatic heterocycles. The smallest absolute Gasteiger partial charge is 0.0556 e. The highest BCUT2D eigenvalue weighted by atomic mass is 16.3. The number of hydrogen-bond acceptors (Lipinski definition) is 3. The third-order valence-electron chi connectivity index (χ3n) is 3.02. The lowest BCUT2D eigenvalue weighted by molar-refractivity contribution is 0.229. The van der Waals surface area contributed by atoms with Crippen molar-refractivity contribution in [2.75, 3.05) is 19.7 Å². The minimum absolute atomic E-state index is 0.0642. The zero-order valence-corrected chi connectivity index (χ0v) is 10.4. The molecule has 0 saturated heterocycles. The Morgan fingerprint density at radius 1 is 1.13 bits per heavy atom. The maximum atomic E-state index is 8.87. The predicted octanol–water partition coefficient (Wildman–Crippen LogP) is 1.65. The van der Waals surface area contributed by atoms with Crippen molar-refractivity contribution < 1.29 is 5.11 Å². The average Bonchev–Trinajstić information content (AvgIpc) is 2.29. The first-order valence-corrected chi connectivity index (χ1v) is 6.30. The molecule has 0 aromatic rings. The van der Waals surface area contributed by atoms with Gasteiger partial charge in [-0.1, -0.05) is 39.5 Å². The maximum absolute atomic E-state index is 8.87. The van der Waals surface area contributed by atoms with Gasteiger partial charge in [0.05, 0.1) is 6.61 Å². The van der Waals surface area contributed by atoms with Crippen LogP contribution in [0.15, 0.2) is 0 Å². The van der Waals surface area contributed by atoms with Crippen LogP contribution < -0.4 is 11.1 Å². The van der Waals surface area contributed by atoms with Gasteiger partial charge in [0.15, 0.2) is 0 Å². The van der Waals surface area contributed by atoms with Crippen molar-refractivity contribution >= 4 is 0 Å². The van der Waals surface area contributed by atoms with Gasteiger partial charge in [-0.05, 0) is 12.8 Å². The molecule has 0 rings (SSSR count).